The molecule has 1 aliphatic heterocycles. The lowest BCUT2D eigenvalue weighted by Gasteiger charge is -2.41. The average molecular weight is 536 g/mol. The number of amides is 1. The van der Waals surface area contributed by atoms with E-state index in [1.807, 2.05) is 26.0 Å². The number of aromatic nitrogens is 1. The Hall–Kier alpha value is -2.21. The van der Waals surface area contributed by atoms with Crippen LogP contribution in [0.4, 0.5) is 10.5 Å². The number of hydrogen-bond donors (Lipinski definition) is 4. The highest BCUT2D eigenvalue weighted by Gasteiger charge is 2.32. The summed E-state index contributed by atoms with van der Waals surface area (Å²) in [6.07, 6.45) is 4.84. The highest BCUT2D eigenvalue weighted by atomic mass is 32.2. The highest BCUT2D eigenvalue weighted by Crippen LogP contribution is 2.40. The smallest absolute Gasteiger partial charge is 0.407 e. The molecule has 0 atom stereocenters. The molecule has 4 rings (SSSR count). The van der Waals surface area contributed by atoms with Crippen LogP contribution in [0.2, 0.25) is 0 Å². The first kappa shape index (κ1) is 26.8. The van der Waals surface area contributed by atoms with E-state index in [0.29, 0.717) is 18.0 Å². The van der Waals surface area contributed by atoms with Crippen LogP contribution in [0.25, 0.3) is 10.4 Å². The summed E-state index contributed by atoms with van der Waals surface area (Å²) in [5.74, 6) is 0.295. The van der Waals surface area contributed by atoms with Gasteiger partial charge < -0.3 is 20.7 Å². The van der Waals surface area contributed by atoms with Crippen LogP contribution in [-0.2, 0) is 14.8 Å². The van der Waals surface area contributed by atoms with E-state index < -0.39 is 10.0 Å². The van der Waals surface area contributed by atoms with Crippen LogP contribution in [0.15, 0.2) is 29.3 Å². The molecule has 4 N–H and O–H groups in total. The van der Waals surface area contributed by atoms with Crippen molar-refractivity contribution in [3.8, 4) is 10.4 Å². The number of nitrogens with zero attached hydrogens (tertiary/aromatic N) is 1. The number of nitrogens with one attached hydrogen (secondary N) is 4. The molecule has 2 aromatic rings. The van der Waals surface area contributed by atoms with Crippen molar-refractivity contribution >= 4 is 33.1 Å². The minimum Gasteiger partial charge on any atom is -0.447 e. The Labute approximate surface area is 217 Å². The van der Waals surface area contributed by atoms with Gasteiger partial charge in [-0.15, -0.1) is 11.3 Å². The summed E-state index contributed by atoms with van der Waals surface area (Å²) < 4.78 is 34.1. The minimum absolute atomic E-state index is 0.0857. The first-order valence-corrected chi connectivity index (χ1v) is 14.9. The summed E-state index contributed by atoms with van der Waals surface area (Å²) in [6, 6.07) is 5.65. The van der Waals surface area contributed by atoms with Crippen LogP contribution < -0.4 is 20.7 Å². The standard InChI is InChI=1S/C25H37N5O4S2/c1-5-28-36(32,33)22-12-19(30-25(4)14-26-15-25)10-11-20(22)21-13-27-23(35-21)17-6-8-18(9-7-17)29-24(31)34-16(2)3/h10-13,16-18,26,28,30H,5-9,14-15H2,1-4H3,(H,29,31). The SMILES string of the molecule is CCNS(=O)(=O)c1cc(NC2(C)CNC2)ccc1-c1cnc(C2CCC(NC(=O)OC(C)C)CC2)s1. The van der Waals surface area contributed by atoms with Gasteiger partial charge in [-0.25, -0.2) is 22.9 Å². The highest BCUT2D eigenvalue weighted by molar-refractivity contribution is 7.89. The van der Waals surface area contributed by atoms with E-state index >= 15 is 0 Å². The van der Waals surface area contributed by atoms with Crippen molar-refractivity contribution in [2.45, 2.75) is 81.9 Å². The van der Waals surface area contributed by atoms with Crippen molar-refractivity contribution in [3.63, 3.8) is 0 Å². The molecule has 1 saturated heterocycles. The number of hydrogen-bond acceptors (Lipinski definition) is 8. The van der Waals surface area contributed by atoms with E-state index in [-0.39, 0.29) is 28.7 Å². The second-order valence-electron chi connectivity index (χ2n) is 10.2. The Bertz CT molecular complexity index is 1170. The van der Waals surface area contributed by atoms with E-state index in [2.05, 4.69) is 32.6 Å². The van der Waals surface area contributed by atoms with Gasteiger partial charge in [-0.2, -0.15) is 0 Å². The molecule has 1 aromatic carbocycles. The molecular formula is C25H37N5O4S2. The van der Waals surface area contributed by atoms with Crippen molar-refractivity contribution in [2.24, 2.45) is 0 Å². The monoisotopic (exact) mass is 535 g/mol. The average Bonchev–Trinajstić information content (AvgIpc) is 3.28. The number of sulfonamides is 1. The molecule has 0 bridgehead atoms. The van der Waals surface area contributed by atoms with Gasteiger partial charge in [-0.05, 0) is 58.6 Å². The Balaban J connectivity index is 1.50. The fraction of sp³-hybridized carbons (Fsp3) is 0.600. The maximum atomic E-state index is 13.1. The van der Waals surface area contributed by atoms with Gasteiger partial charge in [-0.1, -0.05) is 13.0 Å². The maximum absolute atomic E-state index is 13.1. The first-order valence-electron chi connectivity index (χ1n) is 12.6. The number of alkyl carbamates (subject to hydrolysis) is 1. The fourth-order valence-corrected chi connectivity index (χ4v) is 7.21. The molecule has 2 fully saturated rings. The molecule has 0 spiro atoms. The van der Waals surface area contributed by atoms with E-state index in [9.17, 15) is 13.2 Å². The summed E-state index contributed by atoms with van der Waals surface area (Å²) in [6.45, 7) is 9.54. The zero-order chi connectivity index (χ0) is 25.9. The molecule has 1 aliphatic carbocycles. The molecule has 1 amide bonds. The first-order chi connectivity index (χ1) is 17.1. The van der Waals surface area contributed by atoms with Crippen LogP contribution in [0, 0.1) is 0 Å². The second kappa shape index (κ2) is 11.0. The quantitative estimate of drug-likeness (QED) is 0.382. The molecule has 2 heterocycles. The lowest BCUT2D eigenvalue weighted by Crippen LogP contribution is -2.62. The topological polar surface area (TPSA) is 121 Å². The van der Waals surface area contributed by atoms with Crippen molar-refractivity contribution in [2.75, 3.05) is 25.0 Å². The third-order valence-electron chi connectivity index (χ3n) is 6.61. The van der Waals surface area contributed by atoms with Gasteiger partial charge in [0, 0.05) is 49.0 Å². The zero-order valence-corrected chi connectivity index (χ0v) is 23.0. The third kappa shape index (κ3) is 6.37. The maximum Gasteiger partial charge on any atom is 0.407 e. The Morgan fingerprint density at radius 1 is 1.25 bits per heavy atom. The van der Waals surface area contributed by atoms with Gasteiger partial charge >= 0.3 is 6.09 Å². The van der Waals surface area contributed by atoms with Gasteiger partial charge in [0.25, 0.3) is 0 Å². The molecule has 0 radical (unpaired) electrons. The number of rotatable bonds is 9. The molecule has 0 unspecified atom stereocenters. The number of benzene rings is 1. The van der Waals surface area contributed by atoms with Crippen LogP contribution in [0.3, 0.4) is 0 Å². The van der Waals surface area contributed by atoms with Crippen LogP contribution in [-0.4, -0.2) is 56.8 Å². The summed E-state index contributed by atoms with van der Waals surface area (Å²) >= 11 is 1.55. The number of thiazole rings is 1. The molecule has 198 valence electrons. The van der Waals surface area contributed by atoms with Gasteiger partial charge in [0.05, 0.1) is 26.4 Å². The third-order valence-corrected chi connectivity index (χ3v) is 9.39. The van der Waals surface area contributed by atoms with E-state index in [1.165, 1.54) is 0 Å². The molecule has 11 heteroatoms. The predicted molar refractivity (Wildman–Crippen MR) is 143 cm³/mol. The van der Waals surface area contributed by atoms with Gasteiger partial charge in [-0.3, -0.25) is 0 Å². The molecular weight excluding hydrogens is 498 g/mol. The fourth-order valence-electron chi connectivity index (χ4n) is 4.73. The Morgan fingerprint density at radius 2 is 1.97 bits per heavy atom. The molecule has 36 heavy (non-hydrogen) atoms. The lowest BCUT2D eigenvalue weighted by molar-refractivity contribution is 0.109. The molecule has 9 nitrogen and oxygen atoms in total. The molecule has 1 aromatic heterocycles. The van der Waals surface area contributed by atoms with Gasteiger partial charge in [0.15, 0.2) is 0 Å². The minimum atomic E-state index is -3.68. The normalized spacial score (nSPS) is 21.6. The van der Waals surface area contributed by atoms with Gasteiger partial charge in [0.2, 0.25) is 10.0 Å². The Kier molecular flexibility index (Phi) is 8.23. The summed E-state index contributed by atoms with van der Waals surface area (Å²) in [4.78, 5) is 17.7. The molecule has 2 aliphatic rings. The van der Waals surface area contributed by atoms with Crippen molar-refractivity contribution in [3.05, 3.63) is 29.4 Å². The lowest BCUT2D eigenvalue weighted by atomic mass is 9.86. The summed E-state index contributed by atoms with van der Waals surface area (Å²) in [5.41, 5.74) is 1.36. The summed E-state index contributed by atoms with van der Waals surface area (Å²) in [7, 11) is -3.68. The molecule has 1 saturated carbocycles. The second-order valence-corrected chi connectivity index (χ2v) is 13.0. The van der Waals surface area contributed by atoms with E-state index in [4.69, 9.17) is 4.74 Å². The summed E-state index contributed by atoms with van der Waals surface area (Å²) in [5, 5.41) is 10.7. The largest absolute Gasteiger partial charge is 0.447 e. The van der Waals surface area contributed by atoms with Crippen LogP contribution in [0.1, 0.15) is 64.3 Å². The van der Waals surface area contributed by atoms with Crippen LogP contribution >= 0.6 is 11.3 Å². The van der Waals surface area contributed by atoms with Crippen LogP contribution in [0.5, 0.6) is 0 Å². The van der Waals surface area contributed by atoms with Gasteiger partial charge in [0.1, 0.15) is 0 Å². The number of ether oxygens (including phenoxy) is 1. The van der Waals surface area contributed by atoms with Crippen molar-refractivity contribution in [1.82, 2.24) is 20.3 Å². The number of carbonyl (C=O) groups excluding carboxylic acids is 1. The Morgan fingerprint density at radius 3 is 2.58 bits per heavy atom. The number of anilines is 1. The van der Waals surface area contributed by atoms with E-state index in [0.717, 1.165) is 54.3 Å². The number of carbonyl (C=O) groups is 1. The van der Waals surface area contributed by atoms with Crippen molar-refractivity contribution < 1.29 is 17.9 Å². The zero-order valence-electron chi connectivity index (χ0n) is 21.4. The van der Waals surface area contributed by atoms with Crippen molar-refractivity contribution in [1.29, 1.82) is 0 Å². The predicted octanol–water partition coefficient (Wildman–Crippen LogP) is 4.04. The van der Waals surface area contributed by atoms with E-state index in [1.54, 1.807) is 30.5 Å².